The van der Waals surface area contributed by atoms with Crippen molar-refractivity contribution in [2.45, 2.75) is 24.4 Å². The third kappa shape index (κ3) is 8.11. The molecule has 2 aromatic rings. The van der Waals surface area contributed by atoms with Crippen molar-refractivity contribution in [2.75, 3.05) is 25.4 Å². The number of hydrazone groups is 1. The van der Waals surface area contributed by atoms with Crippen LogP contribution in [0.4, 0.5) is 9.59 Å². The number of carbonyl (C=O) groups excluding carboxylic acids is 6. The number of fused-ring (bicyclic) bond motifs is 1. The van der Waals surface area contributed by atoms with E-state index >= 15 is 0 Å². The normalized spacial score (nSPS) is 19.6. The van der Waals surface area contributed by atoms with E-state index in [0.29, 0.717) is 5.56 Å². The number of hydrogen-bond donors (Lipinski definition) is 2. The van der Waals surface area contributed by atoms with Crippen LogP contribution in [0.25, 0.3) is 6.08 Å². The first kappa shape index (κ1) is 35.4. The van der Waals surface area contributed by atoms with Crippen LogP contribution in [-0.4, -0.2) is 93.7 Å². The fourth-order valence-electron chi connectivity index (χ4n) is 5.01. The summed E-state index contributed by atoms with van der Waals surface area (Å²) in [4.78, 5) is 77.9. The molecule has 2 unspecified atom stereocenters. The van der Waals surface area contributed by atoms with Gasteiger partial charge >= 0.3 is 47.6 Å². The smallest absolute Gasteiger partial charge is 0.543 e. The minimum Gasteiger partial charge on any atom is -0.543 e. The number of rotatable bonds is 10. The van der Waals surface area contributed by atoms with Crippen LogP contribution < -0.4 is 45.3 Å². The number of β-lactam (4-membered cyclic amide) rings is 1. The van der Waals surface area contributed by atoms with Crippen LogP contribution in [-0.2, 0) is 23.9 Å². The average molecular weight is 669 g/mol. The van der Waals surface area contributed by atoms with E-state index in [1.54, 1.807) is 36.4 Å². The number of benzene rings is 2. The Morgan fingerprint density at radius 2 is 1.74 bits per heavy atom. The quantitative estimate of drug-likeness (QED) is 0.123. The second-order valence-electron chi connectivity index (χ2n) is 10.3. The van der Waals surface area contributed by atoms with Crippen LogP contribution in [0, 0.1) is 0 Å². The van der Waals surface area contributed by atoms with Gasteiger partial charge in [-0.2, -0.15) is 5.10 Å². The molecule has 0 saturated carbocycles. The minimum absolute atomic E-state index is 0. The number of aliphatic carboxylic acids is 1. The van der Waals surface area contributed by atoms with E-state index in [4.69, 9.17) is 4.74 Å². The van der Waals surface area contributed by atoms with Crippen molar-refractivity contribution in [3.8, 4) is 0 Å². The van der Waals surface area contributed by atoms with E-state index in [2.05, 4.69) is 15.7 Å². The third-order valence-corrected chi connectivity index (χ3v) is 8.60. The summed E-state index contributed by atoms with van der Waals surface area (Å²) in [5, 5.41) is 21.6. The zero-order valence-corrected chi connectivity index (χ0v) is 28.3. The number of urea groups is 2. The fourth-order valence-corrected chi connectivity index (χ4v) is 6.34. The monoisotopic (exact) mass is 668 g/mol. The Morgan fingerprint density at radius 3 is 2.40 bits per heavy atom. The zero-order valence-electron chi connectivity index (χ0n) is 25.5. The van der Waals surface area contributed by atoms with Gasteiger partial charge in [-0.25, -0.2) is 19.5 Å². The van der Waals surface area contributed by atoms with Crippen LogP contribution in [0.5, 0.6) is 0 Å². The van der Waals surface area contributed by atoms with Crippen LogP contribution in [0.15, 0.2) is 83.1 Å². The van der Waals surface area contributed by atoms with Gasteiger partial charge in [0.2, 0.25) is 5.91 Å². The molecule has 2 N–H and O–H groups in total. The van der Waals surface area contributed by atoms with Gasteiger partial charge in [-0.1, -0.05) is 66.7 Å². The number of carbonyl (C=O) groups is 6. The van der Waals surface area contributed by atoms with Gasteiger partial charge in [-0.05, 0) is 17.2 Å². The number of thioether (sulfide) groups is 1. The van der Waals surface area contributed by atoms with Crippen LogP contribution in [0.1, 0.15) is 24.1 Å². The first-order valence-electron chi connectivity index (χ1n) is 14.2. The molecule has 3 aliphatic rings. The number of carboxylic acid groups (broad SMARTS) is 1. The van der Waals surface area contributed by atoms with Gasteiger partial charge in [0.25, 0.3) is 5.91 Å². The molecule has 5 rings (SSSR count). The second kappa shape index (κ2) is 15.9. The van der Waals surface area contributed by atoms with E-state index in [0.717, 1.165) is 20.4 Å². The van der Waals surface area contributed by atoms with Crippen LogP contribution in [0.2, 0.25) is 0 Å². The van der Waals surface area contributed by atoms with Gasteiger partial charge in [0.05, 0.1) is 24.8 Å². The molecule has 14 nitrogen and oxygen atoms in total. The fraction of sp³-hybridized carbons (Fsp3) is 0.258. The Bertz CT molecular complexity index is 1640. The molecular formula is C31H29N6NaO8S. The number of allylic oxidation sites excluding steroid dienone is 1. The van der Waals surface area contributed by atoms with Gasteiger partial charge in [0, 0.05) is 24.5 Å². The van der Waals surface area contributed by atoms with Gasteiger partial charge in [0.15, 0.2) is 0 Å². The molecule has 47 heavy (non-hydrogen) atoms. The van der Waals surface area contributed by atoms with Crippen molar-refractivity contribution in [3.63, 3.8) is 0 Å². The molecule has 238 valence electrons. The van der Waals surface area contributed by atoms with E-state index in [1.807, 2.05) is 36.4 Å². The number of amides is 6. The van der Waals surface area contributed by atoms with E-state index in [-0.39, 0.29) is 60.6 Å². The maximum Gasteiger partial charge on any atom is 1.00 e. The van der Waals surface area contributed by atoms with Gasteiger partial charge in [-0.3, -0.25) is 19.3 Å². The Kier molecular flexibility index (Phi) is 12.0. The summed E-state index contributed by atoms with van der Waals surface area (Å²) < 4.78 is 4.92. The summed E-state index contributed by atoms with van der Waals surface area (Å²) >= 11 is 1.18. The number of imide groups is 1. The first-order chi connectivity index (χ1) is 22.2. The summed E-state index contributed by atoms with van der Waals surface area (Å²) in [5.74, 6) is -3.54. The number of nitrogens with zero attached hydrogens (tertiary/aromatic N) is 4. The molecule has 2 fully saturated rings. The molecule has 3 atom stereocenters. The Labute approximate surface area is 296 Å². The van der Waals surface area contributed by atoms with E-state index < -0.39 is 59.0 Å². The molecule has 16 heteroatoms. The van der Waals surface area contributed by atoms with Crippen molar-refractivity contribution in [1.82, 2.24) is 25.4 Å². The molecule has 2 aromatic carbocycles. The maximum atomic E-state index is 13.6. The predicted octanol–water partition coefficient (Wildman–Crippen LogP) is -2.15. The number of nitrogens with one attached hydrogen (secondary N) is 2. The standard InChI is InChI=1S/C31H30N6O8S.Na/c1-19(38)45-17-22-18-46-28-24(27(40)37(28)25(22)29(41)42)33-26(39)23(21-12-6-3-7-13-21)34-30(43)35-15-16-36(31(35)44)32-14-8-11-20-9-4-2-5-10-20;/h2-14,23-24,28H,15-18H2,1H3,(H,33,39)(H,34,43)(H,41,42);/q;+1/p-1/t23?,24?,28-;/m0./s1. The topological polar surface area (TPSA) is 181 Å². The van der Waals surface area contributed by atoms with E-state index in [1.165, 1.54) is 24.9 Å². The largest absolute Gasteiger partial charge is 1.00 e. The maximum absolute atomic E-state index is 13.6. The molecule has 3 aliphatic heterocycles. The summed E-state index contributed by atoms with van der Waals surface area (Å²) in [5.41, 5.74) is 1.14. The second-order valence-corrected chi connectivity index (χ2v) is 11.4. The van der Waals surface area contributed by atoms with Crippen molar-refractivity contribution >= 4 is 59.9 Å². The van der Waals surface area contributed by atoms with Gasteiger partial charge in [-0.15, -0.1) is 11.8 Å². The SMILES string of the molecule is CC(=O)OCC1=C(C(=O)[O-])N2C(=O)C(NC(=O)C(NC(=O)N3CCN(N=CC=Cc4ccccc4)C3=O)c3ccccc3)[C@@H]2SC1.[Na+]. The molecular weight excluding hydrogens is 639 g/mol. The first-order valence-corrected chi connectivity index (χ1v) is 15.2. The van der Waals surface area contributed by atoms with Crippen LogP contribution in [0.3, 0.4) is 0 Å². The number of esters is 1. The number of hydrogen-bond acceptors (Lipinski definition) is 10. The van der Waals surface area contributed by atoms with Gasteiger partial charge in [0.1, 0.15) is 24.1 Å². The molecule has 0 spiro atoms. The van der Waals surface area contributed by atoms with Gasteiger partial charge < -0.3 is 25.3 Å². The predicted molar refractivity (Wildman–Crippen MR) is 164 cm³/mol. The molecule has 0 radical (unpaired) electrons. The molecule has 2 saturated heterocycles. The number of carboxylic acids is 1. The molecule has 3 heterocycles. The zero-order chi connectivity index (χ0) is 32.8. The summed E-state index contributed by atoms with van der Waals surface area (Å²) in [6, 6.07) is 13.9. The van der Waals surface area contributed by atoms with E-state index in [9.17, 15) is 33.9 Å². The summed E-state index contributed by atoms with van der Waals surface area (Å²) in [6.45, 7) is 1.03. The van der Waals surface area contributed by atoms with Crippen molar-refractivity contribution in [2.24, 2.45) is 5.10 Å². The average Bonchev–Trinajstić information content (AvgIpc) is 3.43. The van der Waals surface area contributed by atoms with Crippen LogP contribution >= 0.6 is 11.8 Å². The Balaban J connectivity index is 0.00000500. The Hall–Kier alpha value is -4.44. The third-order valence-electron chi connectivity index (χ3n) is 7.26. The molecule has 0 bridgehead atoms. The summed E-state index contributed by atoms with van der Waals surface area (Å²) in [7, 11) is 0. The molecule has 0 aromatic heterocycles. The van der Waals surface area contributed by atoms with Crippen molar-refractivity contribution in [1.29, 1.82) is 0 Å². The molecule has 6 amide bonds. The van der Waals surface area contributed by atoms with Crippen molar-refractivity contribution in [3.05, 3.63) is 89.1 Å². The molecule has 0 aliphatic carbocycles. The Morgan fingerprint density at radius 1 is 1.06 bits per heavy atom. The van der Waals surface area contributed by atoms with Crippen molar-refractivity contribution < 1.29 is 68.2 Å². The summed E-state index contributed by atoms with van der Waals surface area (Å²) in [6.07, 6.45) is 4.92. The minimum atomic E-state index is -1.61. The number of ether oxygens (including phenoxy) is 1.